The number of aryl methyl sites for hydroxylation is 3. The zero-order chi connectivity index (χ0) is 25.5. The molecule has 2 aromatic rings. The number of nitrogens with one attached hydrogen (secondary N) is 3. The quantitative estimate of drug-likeness (QED) is 0.249. The van der Waals surface area contributed by atoms with E-state index in [1.54, 1.807) is 18.3 Å². The molecule has 186 valence electrons. The van der Waals surface area contributed by atoms with E-state index in [-0.39, 0.29) is 11.9 Å². The lowest BCUT2D eigenvalue weighted by atomic mass is 10.1. The minimum atomic E-state index is 0.0303. The summed E-state index contributed by atoms with van der Waals surface area (Å²) >= 11 is 0. The first-order valence-corrected chi connectivity index (χ1v) is 12.2. The van der Waals surface area contributed by atoms with Gasteiger partial charge < -0.3 is 26.7 Å². The Labute approximate surface area is 209 Å². The van der Waals surface area contributed by atoms with Crippen LogP contribution in [0.15, 0.2) is 53.2 Å². The third-order valence-corrected chi connectivity index (χ3v) is 6.29. The van der Waals surface area contributed by atoms with Gasteiger partial charge in [-0.05, 0) is 93.1 Å². The smallest absolute Gasteiger partial charge is 0.253 e. The predicted molar refractivity (Wildman–Crippen MR) is 147 cm³/mol. The molecule has 0 radical (unpaired) electrons. The molecule has 5 N–H and O–H groups in total. The number of aliphatic imine (C=N–C) groups is 1. The van der Waals surface area contributed by atoms with E-state index in [1.807, 2.05) is 31.7 Å². The second kappa shape index (κ2) is 11.8. The fourth-order valence-electron chi connectivity index (χ4n) is 4.31. The van der Waals surface area contributed by atoms with E-state index >= 15 is 0 Å². The molecular formula is C28H38N6O. The number of hydrogen-bond donors (Lipinski definition) is 4. The molecule has 2 aromatic carbocycles. The van der Waals surface area contributed by atoms with E-state index in [0.29, 0.717) is 36.6 Å². The van der Waals surface area contributed by atoms with Gasteiger partial charge in [0.25, 0.3) is 5.91 Å². The third-order valence-electron chi connectivity index (χ3n) is 6.29. The Hall–Kier alpha value is -3.45. The maximum absolute atomic E-state index is 12.9. The lowest BCUT2D eigenvalue weighted by Gasteiger charge is -2.18. The second-order valence-corrected chi connectivity index (χ2v) is 9.39. The molecule has 0 bridgehead atoms. The number of likely N-dealkylation sites (tertiary alicyclic amines) is 1. The van der Waals surface area contributed by atoms with Crippen LogP contribution in [0.2, 0.25) is 0 Å². The zero-order valence-corrected chi connectivity index (χ0v) is 21.5. The summed E-state index contributed by atoms with van der Waals surface area (Å²) < 4.78 is 0. The van der Waals surface area contributed by atoms with Crippen LogP contribution in [0.5, 0.6) is 0 Å². The highest BCUT2D eigenvalue weighted by atomic mass is 16.2. The normalized spacial score (nSPS) is 16.5. The largest absolute Gasteiger partial charge is 0.399 e. The van der Waals surface area contributed by atoms with E-state index < -0.39 is 0 Å². The summed E-state index contributed by atoms with van der Waals surface area (Å²) in [5, 5.41) is 15.3. The number of carbonyl (C=O) groups is 1. The van der Waals surface area contributed by atoms with Crippen molar-refractivity contribution in [3.05, 3.63) is 70.4 Å². The number of nitrogens with two attached hydrogens (primary N) is 1. The van der Waals surface area contributed by atoms with E-state index in [4.69, 9.17) is 11.1 Å². The van der Waals surface area contributed by atoms with Crippen LogP contribution in [0, 0.1) is 26.2 Å². The average Bonchev–Trinajstić information content (AvgIpc) is 3.27. The lowest BCUT2D eigenvalue weighted by Crippen LogP contribution is -2.37. The topological polar surface area (TPSA) is 107 Å². The van der Waals surface area contributed by atoms with Crippen molar-refractivity contribution in [3.8, 4) is 0 Å². The van der Waals surface area contributed by atoms with Gasteiger partial charge in [-0.1, -0.05) is 13.0 Å². The van der Waals surface area contributed by atoms with Crippen LogP contribution in [-0.4, -0.2) is 48.0 Å². The minimum absolute atomic E-state index is 0.0303. The van der Waals surface area contributed by atoms with Gasteiger partial charge in [0.05, 0.1) is 0 Å². The highest BCUT2D eigenvalue weighted by Crippen LogP contribution is 2.18. The number of amides is 1. The van der Waals surface area contributed by atoms with Gasteiger partial charge in [-0.25, -0.2) is 4.99 Å². The van der Waals surface area contributed by atoms with Crippen LogP contribution in [0.25, 0.3) is 0 Å². The van der Waals surface area contributed by atoms with Crippen molar-refractivity contribution < 1.29 is 4.79 Å². The van der Waals surface area contributed by atoms with Crippen molar-refractivity contribution in [2.24, 2.45) is 4.99 Å². The van der Waals surface area contributed by atoms with E-state index in [1.165, 1.54) is 11.1 Å². The Balaban J connectivity index is 1.52. The minimum Gasteiger partial charge on any atom is -0.399 e. The predicted octanol–water partition coefficient (Wildman–Crippen LogP) is 4.84. The zero-order valence-electron chi connectivity index (χ0n) is 21.5. The summed E-state index contributed by atoms with van der Waals surface area (Å²) in [4.78, 5) is 19.3. The Kier molecular flexibility index (Phi) is 8.82. The van der Waals surface area contributed by atoms with Crippen molar-refractivity contribution in [1.29, 1.82) is 5.41 Å². The second-order valence-electron chi connectivity index (χ2n) is 9.39. The van der Waals surface area contributed by atoms with Crippen LogP contribution >= 0.6 is 0 Å². The van der Waals surface area contributed by atoms with Crippen LogP contribution in [0.1, 0.15) is 53.7 Å². The van der Waals surface area contributed by atoms with Gasteiger partial charge in [-0.15, -0.1) is 0 Å². The Bertz CT molecular complexity index is 1130. The van der Waals surface area contributed by atoms with Crippen molar-refractivity contribution in [1.82, 2.24) is 10.2 Å². The molecular weight excluding hydrogens is 436 g/mol. The molecule has 0 spiro atoms. The van der Waals surface area contributed by atoms with Crippen molar-refractivity contribution >= 4 is 28.8 Å². The first-order valence-electron chi connectivity index (χ1n) is 12.2. The monoisotopic (exact) mass is 474 g/mol. The molecule has 0 aromatic heterocycles. The van der Waals surface area contributed by atoms with Crippen molar-refractivity contribution in [2.45, 2.75) is 53.5 Å². The number of anilines is 2. The maximum atomic E-state index is 12.9. The summed E-state index contributed by atoms with van der Waals surface area (Å²) in [5.74, 6) is 0.812. The molecule has 1 aliphatic heterocycles. The van der Waals surface area contributed by atoms with E-state index in [9.17, 15) is 4.79 Å². The molecule has 7 nitrogen and oxygen atoms in total. The Morgan fingerprint density at radius 3 is 2.57 bits per heavy atom. The van der Waals surface area contributed by atoms with Gasteiger partial charge in [0.15, 0.2) is 0 Å². The molecule has 1 atom stereocenters. The van der Waals surface area contributed by atoms with Crippen molar-refractivity contribution in [3.63, 3.8) is 0 Å². The molecule has 1 fully saturated rings. The first kappa shape index (κ1) is 26.2. The summed E-state index contributed by atoms with van der Waals surface area (Å²) in [6, 6.07) is 11.9. The lowest BCUT2D eigenvalue weighted by molar-refractivity contribution is 0.0789. The first-order chi connectivity index (χ1) is 16.7. The van der Waals surface area contributed by atoms with Gasteiger partial charge in [0.1, 0.15) is 5.84 Å². The fourth-order valence-corrected chi connectivity index (χ4v) is 4.31. The van der Waals surface area contributed by atoms with Crippen molar-refractivity contribution in [2.75, 3.05) is 30.7 Å². The summed E-state index contributed by atoms with van der Waals surface area (Å²) in [5.41, 5.74) is 13.0. The van der Waals surface area contributed by atoms with Crippen LogP contribution in [0.4, 0.5) is 11.4 Å². The molecule has 0 aliphatic carbocycles. The van der Waals surface area contributed by atoms with Gasteiger partial charge in [-0.2, -0.15) is 0 Å². The molecule has 1 heterocycles. The van der Waals surface area contributed by atoms with Crippen LogP contribution < -0.4 is 16.4 Å². The number of amidine groups is 1. The molecule has 1 saturated heterocycles. The average molecular weight is 475 g/mol. The molecule has 3 rings (SSSR count). The standard InChI is InChI=1S/C28H38N6O/c1-6-22(15-31-21(5)33-25-12-18(2)11-19(3)13-25)27(30)16-32-24-9-10-34(17-24)28(35)23-7-8-26(29)20(4)14-23/h7-8,11-15,24,30,32H,6,9-10,16-17,29H2,1-5H3,(H,31,33)/b22-15-,30-27?. The molecule has 1 aliphatic rings. The fraction of sp³-hybridized carbons (Fsp3) is 0.393. The maximum Gasteiger partial charge on any atom is 0.253 e. The molecule has 35 heavy (non-hydrogen) atoms. The number of nitrogen functional groups attached to an aromatic ring is 1. The van der Waals surface area contributed by atoms with E-state index in [0.717, 1.165) is 35.5 Å². The third kappa shape index (κ3) is 7.26. The van der Waals surface area contributed by atoms with Gasteiger partial charge in [0.2, 0.25) is 0 Å². The highest BCUT2D eigenvalue weighted by Gasteiger charge is 2.27. The summed E-state index contributed by atoms with van der Waals surface area (Å²) in [6.45, 7) is 11.8. The number of rotatable bonds is 8. The van der Waals surface area contributed by atoms with Crippen LogP contribution in [0.3, 0.4) is 0 Å². The van der Waals surface area contributed by atoms with Crippen LogP contribution in [-0.2, 0) is 0 Å². The molecule has 7 heteroatoms. The Morgan fingerprint density at radius 2 is 1.91 bits per heavy atom. The van der Waals surface area contributed by atoms with Gasteiger partial charge in [-0.3, -0.25) is 4.79 Å². The number of benzene rings is 2. The SMILES string of the molecule is CC/C(=C/N=C(\C)Nc1cc(C)cc(C)c1)C(=N)CNC1CCN(C(=O)c2ccc(N)c(C)c2)C1. The molecule has 0 saturated carbocycles. The number of hydrogen-bond acceptors (Lipinski definition) is 5. The van der Waals surface area contributed by atoms with E-state index in [2.05, 4.69) is 47.7 Å². The summed E-state index contributed by atoms with van der Waals surface area (Å²) in [6.07, 6.45) is 3.38. The van der Waals surface area contributed by atoms with Gasteiger partial charge >= 0.3 is 0 Å². The van der Waals surface area contributed by atoms with Gasteiger partial charge in [0, 0.05) is 54.5 Å². The molecule has 1 unspecified atom stereocenters. The summed E-state index contributed by atoms with van der Waals surface area (Å²) in [7, 11) is 0. The highest BCUT2D eigenvalue weighted by molar-refractivity contribution is 6.00. The number of carbonyl (C=O) groups excluding carboxylic acids is 1. The number of nitrogens with zero attached hydrogens (tertiary/aromatic N) is 2. The Morgan fingerprint density at radius 1 is 1.20 bits per heavy atom. The molecule has 1 amide bonds.